The van der Waals surface area contributed by atoms with E-state index < -0.39 is 0 Å². The van der Waals surface area contributed by atoms with E-state index in [9.17, 15) is 0 Å². The molecule has 2 aromatic rings. The molecule has 0 aliphatic rings. The predicted octanol–water partition coefficient (Wildman–Crippen LogP) is 4.41. The lowest BCUT2D eigenvalue weighted by Crippen LogP contribution is -1.97. The van der Waals surface area contributed by atoms with Gasteiger partial charge in [0.1, 0.15) is 11.6 Å². The number of aromatic nitrogens is 1. The number of pyridine rings is 1. The monoisotopic (exact) mass is 296 g/mol. The Balaban J connectivity index is 2.67. The third-order valence-electron chi connectivity index (χ3n) is 2.78. The van der Waals surface area contributed by atoms with Gasteiger partial charge in [0.2, 0.25) is 0 Å². The molecular weight excluding hydrogens is 283 g/mol. The Morgan fingerprint density at radius 3 is 2.53 bits per heavy atom. The Kier molecular flexibility index (Phi) is 4.17. The SMILES string of the molecule is CNc1nc(-c2cc(C)ccc2OC)c(Cl)cc1Cl. The maximum atomic E-state index is 6.24. The predicted molar refractivity (Wildman–Crippen MR) is 80.5 cm³/mol. The molecule has 1 aromatic heterocycles. The van der Waals surface area contributed by atoms with Crippen LogP contribution in [0.5, 0.6) is 5.75 Å². The van der Waals surface area contributed by atoms with Crippen LogP contribution in [0.2, 0.25) is 10.0 Å². The van der Waals surface area contributed by atoms with Crippen LogP contribution in [-0.2, 0) is 0 Å². The van der Waals surface area contributed by atoms with Gasteiger partial charge in [0.15, 0.2) is 0 Å². The molecule has 100 valence electrons. The molecule has 0 atom stereocenters. The highest BCUT2D eigenvalue weighted by Crippen LogP contribution is 2.37. The van der Waals surface area contributed by atoms with Gasteiger partial charge >= 0.3 is 0 Å². The molecule has 0 fully saturated rings. The number of hydrogen-bond acceptors (Lipinski definition) is 3. The summed E-state index contributed by atoms with van der Waals surface area (Å²) in [6, 6.07) is 7.54. The lowest BCUT2D eigenvalue weighted by molar-refractivity contribution is 0.416. The molecule has 19 heavy (non-hydrogen) atoms. The highest BCUT2D eigenvalue weighted by molar-refractivity contribution is 6.37. The lowest BCUT2D eigenvalue weighted by atomic mass is 10.1. The van der Waals surface area contributed by atoms with E-state index in [1.807, 2.05) is 25.1 Å². The first-order chi connectivity index (χ1) is 9.06. The first-order valence-corrected chi connectivity index (χ1v) is 6.51. The second-order valence-corrected chi connectivity index (χ2v) is 4.92. The number of ether oxygens (including phenoxy) is 1. The number of anilines is 1. The van der Waals surface area contributed by atoms with Gasteiger partial charge in [0.05, 0.1) is 22.8 Å². The summed E-state index contributed by atoms with van der Waals surface area (Å²) in [6.07, 6.45) is 0. The van der Waals surface area contributed by atoms with Gasteiger partial charge in [-0.1, -0.05) is 34.8 Å². The normalized spacial score (nSPS) is 10.4. The molecule has 3 nitrogen and oxygen atoms in total. The van der Waals surface area contributed by atoms with Crippen LogP contribution in [0.3, 0.4) is 0 Å². The third-order valence-corrected chi connectivity index (χ3v) is 3.35. The fourth-order valence-electron chi connectivity index (χ4n) is 1.84. The van der Waals surface area contributed by atoms with Crippen molar-refractivity contribution in [2.75, 3.05) is 19.5 Å². The molecule has 0 radical (unpaired) electrons. The number of benzene rings is 1. The van der Waals surface area contributed by atoms with Gasteiger partial charge in [-0.05, 0) is 25.1 Å². The second-order valence-electron chi connectivity index (χ2n) is 4.10. The molecule has 0 spiro atoms. The minimum absolute atomic E-state index is 0.489. The zero-order chi connectivity index (χ0) is 14.0. The van der Waals surface area contributed by atoms with Crippen molar-refractivity contribution in [3.63, 3.8) is 0 Å². The molecule has 1 heterocycles. The van der Waals surface area contributed by atoms with Crippen LogP contribution in [0.25, 0.3) is 11.3 Å². The summed E-state index contributed by atoms with van der Waals surface area (Å²) in [7, 11) is 3.39. The number of nitrogens with zero attached hydrogens (tertiary/aromatic N) is 1. The maximum absolute atomic E-state index is 6.24. The van der Waals surface area contributed by atoms with Crippen molar-refractivity contribution in [1.82, 2.24) is 4.98 Å². The quantitative estimate of drug-likeness (QED) is 0.911. The van der Waals surface area contributed by atoms with Crippen LogP contribution < -0.4 is 10.1 Å². The van der Waals surface area contributed by atoms with E-state index in [2.05, 4.69) is 10.3 Å². The van der Waals surface area contributed by atoms with Crippen molar-refractivity contribution >= 4 is 29.0 Å². The second kappa shape index (κ2) is 5.68. The van der Waals surface area contributed by atoms with E-state index in [1.165, 1.54) is 0 Å². The van der Waals surface area contributed by atoms with Gasteiger partial charge in [-0.15, -0.1) is 0 Å². The number of halogens is 2. The number of methoxy groups -OCH3 is 1. The van der Waals surface area contributed by atoms with E-state index in [0.717, 1.165) is 16.9 Å². The van der Waals surface area contributed by atoms with E-state index in [-0.39, 0.29) is 0 Å². The van der Waals surface area contributed by atoms with Crippen LogP contribution in [0.1, 0.15) is 5.56 Å². The maximum Gasteiger partial charge on any atom is 0.145 e. The number of rotatable bonds is 3. The van der Waals surface area contributed by atoms with E-state index in [0.29, 0.717) is 21.6 Å². The zero-order valence-electron chi connectivity index (χ0n) is 10.9. The molecule has 1 N–H and O–H groups in total. The molecule has 0 unspecified atom stereocenters. The molecular formula is C14H14Cl2N2O. The van der Waals surface area contributed by atoms with Crippen molar-refractivity contribution in [3.05, 3.63) is 39.9 Å². The molecule has 1 aromatic carbocycles. The summed E-state index contributed by atoms with van der Waals surface area (Å²) < 4.78 is 5.36. The average molecular weight is 297 g/mol. The Hall–Kier alpha value is -1.45. The van der Waals surface area contributed by atoms with Crippen LogP contribution >= 0.6 is 23.2 Å². The summed E-state index contributed by atoms with van der Waals surface area (Å²) >= 11 is 12.3. The van der Waals surface area contributed by atoms with E-state index in [1.54, 1.807) is 20.2 Å². The number of nitrogens with one attached hydrogen (secondary N) is 1. The molecule has 0 saturated heterocycles. The Morgan fingerprint density at radius 2 is 1.89 bits per heavy atom. The van der Waals surface area contributed by atoms with Crippen molar-refractivity contribution < 1.29 is 4.74 Å². The zero-order valence-corrected chi connectivity index (χ0v) is 12.4. The summed E-state index contributed by atoms with van der Waals surface area (Å²) in [4.78, 5) is 4.46. The largest absolute Gasteiger partial charge is 0.496 e. The standard InChI is InChI=1S/C14H14Cl2N2O/c1-8-4-5-12(19-3)9(6-8)13-10(15)7-11(16)14(17-2)18-13/h4-7H,1-3H3,(H,17,18). The highest BCUT2D eigenvalue weighted by Gasteiger charge is 2.14. The van der Waals surface area contributed by atoms with Crippen LogP contribution in [-0.4, -0.2) is 19.1 Å². The Bertz CT molecular complexity index is 615. The third kappa shape index (κ3) is 2.77. The van der Waals surface area contributed by atoms with Crippen LogP contribution in [0, 0.1) is 6.92 Å². The fraction of sp³-hybridized carbons (Fsp3) is 0.214. The molecule has 0 saturated carbocycles. The summed E-state index contributed by atoms with van der Waals surface area (Å²) in [5, 5.41) is 3.92. The number of aryl methyl sites for hydroxylation is 1. The van der Waals surface area contributed by atoms with Crippen molar-refractivity contribution in [1.29, 1.82) is 0 Å². The molecule has 0 aliphatic heterocycles. The van der Waals surface area contributed by atoms with Gasteiger partial charge in [-0.25, -0.2) is 4.98 Å². The molecule has 0 amide bonds. The summed E-state index contributed by atoms with van der Waals surface area (Å²) in [5.41, 5.74) is 2.60. The molecule has 0 aliphatic carbocycles. The van der Waals surface area contributed by atoms with Gasteiger partial charge in [-0.2, -0.15) is 0 Å². The minimum Gasteiger partial charge on any atom is -0.496 e. The highest BCUT2D eigenvalue weighted by atomic mass is 35.5. The first-order valence-electron chi connectivity index (χ1n) is 5.75. The summed E-state index contributed by atoms with van der Waals surface area (Å²) in [5.74, 6) is 1.31. The van der Waals surface area contributed by atoms with Crippen LogP contribution in [0.15, 0.2) is 24.3 Å². The van der Waals surface area contributed by atoms with E-state index >= 15 is 0 Å². The molecule has 5 heteroatoms. The smallest absolute Gasteiger partial charge is 0.145 e. The van der Waals surface area contributed by atoms with Crippen LogP contribution in [0.4, 0.5) is 5.82 Å². The van der Waals surface area contributed by atoms with Crippen molar-refractivity contribution in [3.8, 4) is 17.0 Å². The van der Waals surface area contributed by atoms with Gasteiger partial charge < -0.3 is 10.1 Å². The first kappa shape index (κ1) is 14.0. The van der Waals surface area contributed by atoms with Crippen molar-refractivity contribution in [2.45, 2.75) is 6.92 Å². The number of hydrogen-bond donors (Lipinski definition) is 1. The van der Waals surface area contributed by atoms with E-state index in [4.69, 9.17) is 27.9 Å². The Morgan fingerprint density at radius 1 is 1.16 bits per heavy atom. The lowest BCUT2D eigenvalue weighted by Gasteiger charge is -2.12. The van der Waals surface area contributed by atoms with Crippen molar-refractivity contribution in [2.24, 2.45) is 0 Å². The average Bonchev–Trinajstić information content (AvgIpc) is 2.39. The van der Waals surface area contributed by atoms with Gasteiger partial charge in [0, 0.05) is 12.6 Å². The Labute approximate surface area is 122 Å². The van der Waals surface area contributed by atoms with Gasteiger partial charge in [-0.3, -0.25) is 0 Å². The van der Waals surface area contributed by atoms with Gasteiger partial charge in [0.25, 0.3) is 0 Å². The molecule has 2 rings (SSSR count). The topological polar surface area (TPSA) is 34.2 Å². The fourth-order valence-corrected chi connectivity index (χ4v) is 2.39. The minimum atomic E-state index is 0.489. The summed E-state index contributed by atoms with van der Waals surface area (Å²) in [6.45, 7) is 2.01. The molecule has 0 bridgehead atoms.